The molecule has 6 nitrogen and oxygen atoms in total. The van der Waals surface area contributed by atoms with Gasteiger partial charge in [0.2, 0.25) is 0 Å². The van der Waals surface area contributed by atoms with Crippen LogP contribution in [-0.2, 0) is 10.0 Å². The van der Waals surface area contributed by atoms with E-state index in [9.17, 15) is 12.8 Å². The molecule has 0 saturated heterocycles. The lowest BCUT2D eigenvalue weighted by molar-refractivity contribution is 0.596. The van der Waals surface area contributed by atoms with Crippen molar-refractivity contribution in [3.05, 3.63) is 69.9 Å². The Morgan fingerprint density at radius 1 is 1.30 bits per heavy atom. The van der Waals surface area contributed by atoms with Gasteiger partial charge in [0.1, 0.15) is 12.0 Å². The largest absolute Gasteiger partial charge is 0.365 e. The van der Waals surface area contributed by atoms with E-state index in [0.717, 1.165) is 0 Å². The van der Waals surface area contributed by atoms with Crippen molar-refractivity contribution in [3.8, 4) is 0 Å². The van der Waals surface area contributed by atoms with Gasteiger partial charge in [-0.25, -0.2) is 17.8 Å². The number of nitrogens with zero attached hydrogens (tertiary/aromatic N) is 1. The van der Waals surface area contributed by atoms with Gasteiger partial charge < -0.3 is 11.1 Å². The minimum Gasteiger partial charge on any atom is -0.365 e. The molecule has 0 amide bonds. The number of nitrogens with two attached hydrogens (primary N) is 1. The molecule has 0 radical (unpaired) electrons. The van der Waals surface area contributed by atoms with Crippen molar-refractivity contribution >= 4 is 43.8 Å². The van der Waals surface area contributed by atoms with Gasteiger partial charge >= 0.3 is 0 Å². The van der Waals surface area contributed by atoms with Crippen molar-refractivity contribution in [2.45, 2.75) is 18.0 Å². The molecule has 142 valence electrons. The SMILES string of the molecule is Cc1cc(N[C@@H](N)c2ccccc2F)c(Cl)cc1S(=O)(=O)Nc1nccs1. The van der Waals surface area contributed by atoms with Crippen molar-refractivity contribution in [1.82, 2.24) is 4.98 Å². The van der Waals surface area contributed by atoms with E-state index in [1.807, 2.05) is 0 Å². The zero-order valence-corrected chi connectivity index (χ0v) is 16.5. The van der Waals surface area contributed by atoms with Crippen molar-refractivity contribution in [1.29, 1.82) is 0 Å². The number of aromatic nitrogens is 1. The Balaban J connectivity index is 1.88. The number of rotatable bonds is 6. The minimum absolute atomic E-state index is 0.0210. The highest BCUT2D eigenvalue weighted by molar-refractivity contribution is 7.93. The molecule has 0 aliphatic heterocycles. The van der Waals surface area contributed by atoms with E-state index in [2.05, 4.69) is 15.0 Å². The molecule has 3 aromatic rings. The summed E-state index contributed by atoms with van der Waals surface area (Å²) in [7, 11) is -3.85. The van der Waals surface area contributed by atoms with Gasteiger partial charge in [-0.3, -0.25) is 4.72 Å². The van der Waals surface area contributed by atoms with Crippen molar-refractivity contribution in [2.75, 3.05) is 10.0 Å². The summed E-state index contributed by atoms with van der Waals surface area (Å²) in [6.07, 6.45) is 0.651. The predicted molar refractivity (Wildman–Crippen MR) is 106 cm³/mol. The standard InChI is InChI=1S/C17H16ClFN4O2S2/c1-10-8-14(22-16(20)11-4-2-3-5-13(11)19)12(18)9-15(10)27(24,25)23-17-21-6-7-26-17/h2-9,16,22H,20H2,1H3,(H,21,23)/t16-/m1/s1. The first-order valence-corrected chi connectivity index (χ1v) is 10.5. The lowest BCUT2D eigenvalue weighted by atomic mass is 10.1. The van der Waals surface area contributed by atoms with Crippen LogP contribution < -0.4 is 15.8 Å². The van der Waals surface area contributed by atoms with Crippen molar-refractivity contribution in [2.24, 2.45) is 5.73 Å². The molecule has 1 heterocycles. The second-order valence-corrected chi connectivity index (χ2v) is 8.64. The first-order chi connectivity index (χ1) is 12.8. The highest BCUT2D eigenvalue weighted by Crippen LogP contribution is 2.31. The summed E-state index contributed by atoms with van der Waals surface area (Å²) in [6.45, 7) is 1.63. The fraction of sp³-hybridized carbons (Fsp3) is 0.118. The van der Waals surface area contributed by atoms with E-state index >= 15 is 0 Å². The van der Waals surface area contributed by atoms with E-state index in [4.69, 9.17) is 17.3 Å². The Morgan fingerprint density at radius 2 is 2.04 bits per heavy atom. The van der Waals surface area contributed by atoms with Gasteiger partial charge in [-0.05, 0) is 30.7 Å². The minimum atomic E-state index is -3.85. The van der Waals surface area contributed by atoms with E-state index in [1.165, 1.54) is 29.7 Å². The number of anilines is 2. The molecule has 1 atom stereocenters. The first kappa shape index (κ1) is 19.6. The molecule has 0 bridgehead atoms. The summed E-state index contributed by atoms with van der Waals surface area (Å²) in [5, 5.41) is 4.98. The maximum absolute atomic E-state index is 13.9. The Morgan fingerprint density at radius 3 is 2.70 bits per heavy atom. The maximum Gasteiger partial charge on any atom is 0.263 e. The smallest absolute Gasteiger partial charge is 0.263 e. The van der Waals surface area contributed by atoms with E-state index in [-0.39, 0.29) is 20.6 Å². The second-order valence-electron chi connectivity index (χ2n) is 5.68. The third kappa shape index (κ3) is 4.38. The molecule has 10 heteroatoms. The number of sulfonamides is 1. The summed E-state index contributed by atoms with van der Waals surface area (Å²) >= 11 is 7.41. The Labute approximate surface area is 165 Å². The summed E-state index contributed by atoms with van der Waals surface area (Å²) < 4.78 is 41.4. The fourth-order valence-electron chi connectivity index (χ4n) is 2.48. The second kappa shape index (κ2) is 7.81. The van der Waals surface area contributed by atoms with Crippen LogP contribution in [0.25, 0.3) is 0 Å². The van der Waals surface area contributed by atoms with Gasteiger partial charge in [0.15, 0.2) is 5.13 Å². The quantitative estimate of drug-likeness (QED) is 0.515. The molecule has 0 aliphatic rings. The van der Waals surface area contributed by atoms with Gasteiger partial charge in [-0.1, -0.05) is 29.8 Å². The van der Waals surface area contributed by atoms with Crippen LogP contribution in [0.4, 0.5) is 15.2 Å². The van der Waals surface area contributed by atoms with Gasteiger partial charge in [-0.15, -0.1) is 11.3 Å². The zero-order valence-electron chi connectivity index (χ0n) is 14.1. The van der Waals surface area contributed by atoms with Gasteiger partial charge in [0.05, 0.1) is 15.6 Å². The van der Waals surface area contributed by atoms with E-state index in [1.54, 1.807) is 36.6 Å². The van der Waals surface area contributed by atoms with E-state index < -0.39 is 22.0 Å². The molecule has 2 aromatic carbocycles. The van der Waals surface area contributed by atoms with E-state index in [0.29, 0.717) is 11.3 Å². The average Bonchev–Trinajstić information content (AvgIpc) is 3.10. The Bertz CT molecular complexity index is 1060. The number of hydrogen-bond acceptors (Lipinski definition) is 6. The molecule has 1 aromatic heterocycles. The monoisotopic (exact) mass is 426 g/mol. The van der Waals surface area contributed by atoms with Gasteiger partial charge in [-0.2, -0.15) is 0 Å². The lowest BCUT2D eigenvalue weighted by Crippen LogP contribution is -2.22. The number of benzene rings is 2. The van der Waals surface area contributed by atoms with Gasteiger partial charge in [0.25, 0.3) is 10.0 Å². The first-order valence-electron chi connectivity index (χ1n) is 7.77. The summed E-state index contributed by atoms with van der Waals surface area (Å²) in [4.78, 5) is 3.93. The van der Waals surface area contributed by atoms with Crippen LogP contribution in [0.15, 0.2) is 52.9 Å². The van der Waals surface area contributed by atoms with Crippen molar-refractivity contribution < 1.29 is 12.8 Å². The maximum atomic E-state index is 13.9. The number of halogens is 2. The third-order valence-electron chi connectivity index (χ3n) is 3.76. The molecule has 3 rings (SSSR count). The summed E-state index contributed by atoms with van der Waals surface area (Å²) in [6, 6.07) is 8.99. The van der Waals surface area contributed by atoms with Crippen LogP contribution >= 0.6 is 22.9 Å². The lowest BCUT2D eigenvalue weighted by Gasteiger charge is -2.19. The number of nitrogens with one attached hydrogen (secondary N) is 2. The van der Waals surface area contributed by atoms with Crippen LogP contribution in [0.1, 0.15) is 17.3 Å². The fourth-order valence-corrected chi connectivity index (χ4v) is 4.80. The molecule has 27 heavy (non-hydrogen) atoms. The molecule has 0 aliphatic carbocycles. The highest BCUT2D eigenvalue weighted by atomic mass is 35.5. The summed E-state index contributed by atoms with van der Waals surface area (Å²) in [5.74, 6) is -0.447. The average molecular weight is 427 g/mol. The van der Waals surface area contributed by atoms with Crippen LogP contribution in [0.5, 0.6) is 0 Å². The van der Waals surface area contributed by atoms with Crippen LogP contribution in [-0.4, -0.2) is 13.4 Å². The number of aryl methyl sites for hydroxylation is 1. The zero-order chi connectivity index (χ0) is 19.6. The highest BCUT2D eigenvalue weighted by Gasteiger charge is 2.21. The van der Waals surface area contributed by atoms with Crippen LogP contribution in [0.2, 0.25) is 5.02 Å². The summed E-state index contributed by atoms with van der Waals surface area (Å²) in [5.41, 5.74) is 7.14. The molecule has 0 fully saturated rings. The number of hydrogen-bond donors (Lipinski definition) is 3. The third-order valence-corrected chi connectivity index (χ3v) is 6.37. The van der Waals surface area contributed by atoms with Crippen LogP contribution in [0, 0.1) is 12.7 Å². The molecule has 0 spiro atoms. The molecule has 4 N–H and O–H groups in total. The van der Waals surface area contributed by atoms with Gasteiger partial charge in [0, 0.05) is 17.1 Å². The topological polar surface area (TPSA) is 97.1 Å². The molecule has 0 saturated carbocycles. The molecular weight excluding hydrogens is 411 g/mol. The Kier molecular flexibility index (Phi) is 5.66. The molecular formula is C17H16ClFN4O2S2. The Hall–Kier alpha value is -2.20. The normalized spacial score (nSPS) is 12.6. The number of thiazole rings is 1. The molecule has 0 unspecified atom stereocenters. The van der Waals surface area contributed by atoms with Crippen LogP contribution in [0.3, 0.4) is 0 Å². The van der Waals surface area contributed by atoms with Crippen molar-refractivity contribution in [3.63, 3.8) is 0 Å². The predicted octanol–water partition coefficient (Wildman–Crippen LogP) is 4.11.